The summed E-state index contributed by atoms with van der Waals surface area (Å²) < 4.78 is 10.8. The first-order chi connectivity index (χ1) is 12.6. The van der Waals surface area contributed by atoms with Gasteiger partial charge in [-0.1, -0.05) is 29.8 Å². The topological polar surface area (TPSA) is 63.8 Å². The number of rotatable bonds is 5. The number of carbonyl (C=O) groups is 1. The normalized spacial score (nSPS) is 10.9. The monoisotopic (exact) mass is 368 g/mol. The molecule has 1 amide bonds. The van der Waals surface area contributed by atoms with Crippen LogP contribution in [0.4, 0.5) is 0 Å². The minimum absolute atomic E-state index is 0.336. The minimum atomic E-state index is -0.336. The number of furan rings is 1. The number of hydrogen-bond acceptors (Lipinski definition) is 4. The summed E-state index contributed by atoms with van der Waals surface area (Å²) in [6.07, 6.45) is 1.44. The number of halogens is 1. The number of ether oxygens (including phenoxy) is 1. The van der Waals surface area contributed by atoms with Gasteiger partial charge in [0.25, 0.3) is 5.91 Å². The van der Waals surface area contributed by atoms with Crippen molar-refractivity contribution in [3.63, 3.8) is 0 Å². The molecule has 132 valence electrons. The van der Waals surface area contributed by atoms with Crippen LogP contribution in [0.1, 0.15) is 21.7 Å². The van der Waals surface area contributed by atoms with Crippen molar-refractivity contribution in [2.75, 3.05) is 7.11 Å². The average Bonchev–Trinajstić information content (AvgIpc) is 3.13. The molecular weight excluding hydrogens is 352 g/mol. The highest BCUT2D eigenvalue weighted by Gasteiger charge is 2.07. The van der Waals surface area contributed by atoms with E-state index >= 15 is 0 Å². The summed E-state index contributed by atoms with van der Waals surface area (Å²) in [5.74, 6) is 1.46. The van der Waals surface area contributed by atoms with Crippen LogP contribution in [0, 0.1) is 6.92 Å². The molecule has 6 heteroatoms. The second kappa shape index (κ2) is 7.89. The number of hydrogen-bond donors (Lipinski definition) is 1. The third-order valence-electron chi connectivity index (χ3n) is 3.77. The van der Waals surface area contributed by atoms with Gasteiger partial charge in [0, 0.05) is 16.1 Å². The molecule has 2 aromatic carbocycles. The van der Waals surface area contributed by atoms with E-state index in [0.29, 0.717) is 27.9 Å². The first kappa shape index (κ1) is 17.8. The van der Waals surface area contributed by atoms with Crippen molar-refractivity contribution in [1.82, 2.24) is 5.43 Å². The molecule has 0 saturated carbocycles. The Morgan fingerprint density at radius 2 is 2.04 bits per heavy atom. The van der Waals surface area contributed by atoms with E-state index in [0.717, 1.165) is 11.1 Å². The molecular formula is C20H17ClN2O3. The van der Waals surface area contributed by atoms with Crippen molar-refractivity contribution in [3.05, 3.63) is 76.5 Å². The summed E-state index contributed by atoms with van der Waals surface area (Å²) in [7, 11) is 1.55. The van der Waals surface area contributed by atoms with Crippen LogP contribution in [0.3, 0.4) is 0 Å². The highest BCUT2D eigenvalue weighted by atomic mass is 35.5. The third kappa shape index (κ3) is 4.13. The lowest BCUT2D eigenvalue weighted by molar-refractivity contribution is 0.0955. The second-order valence-corrected chi connectivity index (χ2v) is 6.00. The average molecular weight is 369 g/mol. The second-order valence-electron chi connectivity index (χ2n) is 5.60. The number of benzene rings is 2. The molecule has 5 nitrogen and oxygen atoms in total. The van der Waals surface area contributed by atoms with E-state index in [2.05, 4.69) is 10.5 Å². The smallest absolute Gasteiger partial charge is 0.271 e. The summed E-state index contributed by atoms with van der Waals surface area (Å²) >= 11 is 6.14. The fourth-order valence-electron chi connectivity index (χ4n) is 2.31. The van der Waals surface area contributed by atoms with Gasteiger partial charge in [0.15, 0.2) is 0 Å². The lowest BCUT2D eigenvalue weighted by Gasteiger charge is -2.02. The molecule has 1 heterocycles. The summed E-state index contributed by atoms with van der Waals surface area (Å²) in [5.41, 5.74) is 4.79. The van der Waals surface area contributed by atoms with E-state index in [1.165, 1.54) is 6.21 Å². The lowest BCUT2D eigenvalue weighted by Crippen LogP contribution is -2.17. The molecule has 1 N–H and O–H groups in total. The largest absolute Gasteiger partial charge is 0.497 e. The number of nitrogens with zero attached hydrogens (tertiary/aromatic N) is 1. The Kier molecular flexibility index (Phi) is 5.39. The van der Waals surface area contributed by atoms with Crippen LogP contribution in [0.2, 0.25) is 5.02 Å². The van der Waals surface area contributed by atoms with E-state index in [9.17, 15) is 4.79 Å². The number of methoxy groups -OCH3 is 1. The van der Waals surface area contributed by atoms with Crippen LogP contribution >= 0.6 is 11.6 Å². The van der Waals surface area contributed by atoms with Crippen molar-refractivity contribution in [3.8, 4) is 17.1 Å². The van der Waals surface area contributed by atoms with E-state index in [-0.39, 0.29) is 5.91 Å². The van der Waals surface area contributed by atoms with Crippen LogP contribution in [0.5, 0.6) is 5.75 Å². The van der Waals surface area contributed by atoms with Gasteiger partial charge >= 0.3 is 0 Å². The molecule has 3 rings (SSSR count). The fraction of sp³-hybridized carbons (Fsp3) is 0.100. The van der Waals surface area contributed by atoms with Crippen LogP contribution in [-0.4, -0.2) is 19.2 Å². The fourth-order valence-corrected chi connectivity index (χ4v) is 2.49. The van der Waals surface area contributed by atoms with Crippen molar-refractivity contribution in [1.29, 1.82) is 0 Å². The van der Waals surface area contributed by atoms with Gasteiger partial charge in [-0.15, -0.1) is 0 Å². The molecule has 0 unspecified atom stereocenters. The van der Waals surface area contributed by atoms with Gasteiger partial charge in [-0.25, -0.2) is 5.43 Å². The number of carbonyl (C=O) groups excluding carboxylic acids is 1. The Hall–Kier alpha value is -3.05. The van der Waals surface area contributed by atoms with Crippen LogP contribution in [-0.2, 0) is 0 Å². The van der Waals surface area contributed by atoms with Gasteiger partial charge in [-0.05, 0) is 48.9 Å². The SMILES string of the molecule is COc1cccc(C(=O)N/N=C/c2ccc(-c3ccc(C)c(Cl)c3)o2)c1. The maximum absolute atomic E-state index is 12.1. The highest BCUT2D eigenvalue weighted by Crippen LogP contribution is 2.26. The molecule has 0 fully saturated rings. The number of nitrogens with one attached hydrogen (secondary N) is 1. The van der Waals surface area contributed by atoms with E-state index < -0.39 is 0 Å². The molecule has 0 aliphatic carbocycles. The summed E-state index contributed by atoms with van der Waals surface area (Å²) in [5, 5.41) is 4.61. The van der Waals surface area contributed by atoms with Crippen LogP contribution in [0.15, 0.2) is 64.1 Å². The molecule has 3 aromatic rings. The van der Waals surface area contributed by atoms with E-state index in [1.54, 1.807) is 37.4 Å². The summed E-state index contributed by atoms with van der Waals surface area (Å²) in [4.78, 5) is 12.1. The molecule has 26 heavy (non-hydrogen) atoms. The quantitative estimate of drug-likeness (QED) is 0.525. The molecule has 1 aromatic heterocycles. The van der Waals surface area contributed by atoms with Gasteiger partial charge in [0.05, 0.1) is 13.3 Å². The van der Waals surface area contributed by atoms with Crippen molar-refractivity contribution in [2.24, 2.45) is 5.10 Å². The van der Waals surface area contributed by atoms with E-state index in [1.807, 2.05) is 31.2 Å². The van der Waals surface area contributed by atoms with Gasteiger partial charge in [0.1, 0.15) is 17.3 Å². The predicted molar refractivity (Wildman–Crippen MR) is 102 cm³/mol. The van der Waals surface area contributed by atoms with Crippen molar-refractivity contribution in [2.45, 2.75) is 6.92 Å². The minimum Gasteiger partial charge on any atom is -0.497 e. The molecule has 0 atom stereocenters. The van der Waals surface area contributed by atoms with Crippen molar-refractivity contribution < 1.29 is 13.9 Å². The zero-order valence-corrected chi connectivity index (χ0v) is 15.1. The molecule has 0 aliphatic heterocycles. The van der Waals surface area contributed by atoms with Gasteiger partial charge in [-0.2, -0.15) is 5.10 Å². The zero-order chi connectivity index (χ0) is 18.5. The number of hydrazone groups is 1. The molecule has 0 saturated heterocycles. The van der Waals surface area contributed by atoms with Gasteiger partial charge in [0.2, 0.25) is 0 Å². The molecule has 0 radical (unpaired) electrons. The lowest BCUT2D eigenvalue weighted by atomic mass is 10.1. The molecule has 0 spiro atoms. The van der Waals surface area contributed by atoms with Gasteiger partial charge < -0.3 is 9.15 Å². The van der Waals surface area contributed by atoms with Crippen molar-refractivity contribution >= 4 is 23.7 Å². The Bertz CT molecular complexity index is 963. The molecule has 0 aliphatic rings. The zero-order valence-electron chi connectivity index (χ0n) is 14.3. The third-order valence-corrected chi connectivity index (χ3v) is 4.18. The maximum atomic E-state index is 12.1. The predicted octanol–water partition coefficient (Wildman–Crippen LogP) is 4.68. The summed E-state index contributed by atoms with van der Waals surface area (Å²) in [6, 6.07) is 16.1. The van der Waals surface area contributed by atoms with E-state index in [4.69, 9.17) is 20.8 Å². The maximum Gasteiger partial charge on any atom is 0.271 e. The van der Waals surface area contributed by atoms with Crippen LogP contribution < -0.4 is 10.2 Å². The Morgan fingerprint density at radius 1 is 1.19 bits per heavy atom. The Balaban J connectivity index is 1.66. The number of aryl methyl sites for hydroxylation is 1. The standard InChI is InChI=1S/C20H17ClN2O3/c1-13-6-7-14(11-18(13)21)19-9-8-17(26-19)12-22-23-20(24)15-4-3-5-16(10-15)25-2/h3-12H,1-2H3,(H,23,24)/b22-12+. The Labute approximate surface area is 156 Å². The van der Waals surface area contributed by atoms with Gasteiger partial charge in [-0.3, -0.25) is 4.79 Å². The first-order valence-corrected chi connectivity index (χ1v) is 8.28. The molecule has 0 bridgehead atoms. The first-order valence-electron chi connectivity index (χ1n) is 7.90. The summed E-state index contributed by atoms with van der Waals surface area (Å²) in [6.45, 7) is 1.94. The highest BCUT2D eigenvalue weighted by molar-refractivity contribution is 6.31. The number of amides is 1. The van der Waals surface area contributed by atoms with Crippen LogP contribution in [0.25, 0.3) is 11.3 Å². The Morgan fingerprint density at radius 3 is 2.81 bits per heavy atom.